The molecule has 0 atom stereocenters. The number of carbonyl (C=O) groups excluding carboxylic acids is 1. The van der Waals surface area contributed by atoms with E-state index in [-0.39, 0.29) is 5.97 Å². The summed E-state index contributed by atoms with van der Waals surface area (Å²) in [6, 6.07) is 9.76. The summed E-state index contributed by atoms with van der Waals surface area (Å²) in [5, 5.41) is 0. The van der Waals surface area contributed by atoms with Crippen molar-refractivity contribution in [2.24, 2.45) is 0 Å². The zero-order valence-corrected chi connectivity index (χ0v) is 12.9. The second-order valence-corrected chi connectivity index (χ2v) is 4.68. The van der Waals surface area contributed by atoms with Gasteiger partial charge in [0.1, 0.15) is 5.75 Å². The lowest BCUT2D eigenvalue weighted by Gasteiger charge is -2.21. The van der Waals surface area contributed by atoms with Crippen molar-refractivity contribution in [3.8, 4) is 5.75 Å². The molecular formula is C16H25NO4. The highest BCUT2D eigenvalue weighted by Crippen LogP contribution is 2.08. The summed E-state index contributed by atoms with van der Waals surface area (Å²) in [5.41, 5.74) is 0. The van der Waals surface area contributed by atoms with E-state index >= 15 is 0 Å². The van der Waals surface area contributed by atoms with Crippen LogP contribution >= 0.6 is 0 Å². The molecule has 0 fully saturated rings. The molecule has 118 valence electrons. The Balaban J connectivity index is 2.23. The lowest BCUT2D eigenvalue weighted by Crippen LogP contribution is -2.31. The zero-order chi connectivity index (χ0) is 15.3. The number of ether oxygens (including phenoxy) is 3. The van der Waals surface area contributed by atoms with E-state index in [1.165, 1.54) is 7.11 Å². The summed E-state index contributed by atoms with van der Waals surface area (Å²) in [5.74, 6) is 0.702. The van der Waals surface area contributed by atoms with Gasteiger partial charge in [0.15, 0.2) is 0 Å². The van der Waals surface area contributed by atoms with Crippen LogP contribution < -0.4 is 4.74 Å². The second kappa shape index (κ2) is 11.1. The number of hydrogen-bond donors (Lipinski definition) is 0. The highest BCUT2D eigenvalue weighted by molar-refractivity contribution is 5.69. The minimum Gasteiger partial charge on any atom is -0.494 e. The standard InChI is InChI=1S/C16H25NO4/c1-19-14-12-17(11-9-16(18)20-2)10-6-13-21-15-7-4-3-5-8-15/h3-5,7-8H,6,9-14H2,1-2H3. The highest BCUT2D eigenvalue weighted by atomic mass is 16.5. The van der Waals surface area contributed by atoms with Crippen molar-refractivity contribution in [1.29, 1.82) is 0 Å². The van der Waals surface area contributed by atoms with Gasteiger partial charge in [0.2, 0.25) is 0 Å². The van der Waals surface area contributed by atoms with E-state index in [0.717, 1.165) is 25.3 Å². The summed E-state index contributed by atoms with van der Waals surface area (Å²) >= 11 is 0. The number of rotatable bonds is 11. The lowest BCUT2D eigenvalue weighted by molar-refractivity contribution is -0.141. The SMILES string of the molecule is COCCN(CCCOc1ccccc1)CCC(=O)OC. The molecule has 0 aliphatic rings. The van der Waals surface area contributed by atoms with E-state index < -0.39 is 0 Å². The summed E-state index contributed by atoms with van der Waals surface area (Å²) in [6.07, 6.45) is 1.31. The first-order valence-electron chi connectivity index (χ1n) is 7.22. The van der Waals surface area contributed by atoms with Gasteiger partial charge in [-0.1, -0.05) is 18.2 Å². The molecule has 1 rings (SSSR count). The molecule has 1 aromatic rings. The van der Waals surface area contributed by atoms with Crippen LogP contribution in [0.1, 0.15) is 12.8 Å². The third-order valence-electron chi connectivity index (χ3n) is 3.10. The molecule has 0 aliphatic carbocycles. The van der Waals surface area contributed by atoms with Crippen molar-refractivity contribution >= 4 is 5.97 Å². The van der Waals surface area contributed by atoms with Crippen LogP contribution in [0.25, 0.3) is 0 Å². The summed E-state index contributed by atoms with van der Waals surface area (Å²) in [6.45, 7) is 3.67. The van der Waals surface area contributed by atoms with Crippen LogP contribution in [0.15, 0.2) is 30.3 Å². The maximum absolute atomic E-state index is 11.2. The third kappa shape index (κ3) is 8.32. The number of para-hydroxylation sites is 1. The van der Waals surface area contributed by atoms with Crippen LogP contribution in [-0.2, 0) is 14.3 Å². The van der Waals surface area contributed by atoms with Gasteiger partial charge in [0.25, 0.3) is 0 Å². The quantitative estimate of drug-likeness (QED) is 0.461. The molecule has 5 nitrogen and oxygen atoms in total. The lowest BCUT2D eigenvalue weighted by atomic mass is 10.3. The van der Waals surface area contributed by atoms with Crippen molar-refractivity contribution in [1.82, 2.24) is 4.90 Å². The Hall–Kier alpha value is -1.59. The number of hydrogen-bond acceptors (Lipinski definition) is 5. The van der Waals surface area contributed by atoms with Gasteiger partial charge in [-0.2, -0.15) is 0 Å². The van der Waals surface area contributed by atoms with Crippen LogP contribution in [0, 0.1) is 0 Å². The predicted octanol–water partition coefficient (Wildman–Crippen LogP) is 1.97. The minimum atomic E-state index is -0.182. The van der Waals surface area contributed by atoms with Crippen molar-refractivity contribution in [3.63, 3.8) is 0 Å². The Morgan fingerprint density at radius 2 is 1.81 bits per heavy atom. The molecule has 0 saturated heterocycles. The molecule has 0 aromatic heterocycles. The summed E-state index contributed by atoms with van der Waals surface area (Å²) < 4.78 is 15.4. The summed E-state index contributed by atoms with van der Waals surface area (Å²) in [4.78, 5) is 13.4. The fourth-order valence-electron chi connectivity index (χ4n) is 1.90. The van der Waals surface area contributed by atoms with Gasteiger partial charge in [0.05, 0.1) is 26.7 Å². The first kappa shape index (κ1) is 17.5. The van der Waals surface area contributed by atoms with Gasteiger partial charge in [-0.3, -0.25) is 4.79 Å². The van der Waals surface area contributed by atoms with Crippen molar-refractivity contribution in [3.05, 3.63) is 30.3 Å². The molecule has 0 heterocycles. The van der Waals surface area contributed by atoms with E-state index in [9.17, 15) is 4.79 Å². The maximum Gasteiger partial charge on any atom is 0.306 e. The van der Waals surface area contributed by atoms with Gasteiger partial charge in [0, 0.05) is 26.7 Å². The normalized spacial score (nSPS) is 10.6. The Bertz CT molecular complexity index is 383. The van der Waals surface area contributed by atoms with Crippen molar-refractivity contribution < 1.29 is 19.0 Å². The Morgan fingerprint density at radius 3 is 2.48 bits per heavy atom. The number of methoxy groups -OCH3 is 2. The third-order valence-corrected chi connectivity index (χ3v) is 3.10. The maximum atomic E-state index is 11.2. The first-order valence-corrected chi connectivity index (χ1v) is 7.22. The average Bonchev–Trinajstić information content (AvgIpc) is 2.53. The smallest absolute Gasteiger partial charge is 0.306 e. The van der Waals surface area contributed by atoms with Crippen molar-refractivity contribution in [2.45, 2.75) is 12.8 Å². The Kier molecular flexibility index (Phi) is 9.24. The topological polar surface area (TPSA) is 48.0 Å². The molecule has 0 radical (unpaired) electrons. The molecule has 5 heteroatoms. The Morgan fingerprint density at radius 1 is 1.05 bits per heavy atom. The fraction of sp³-hybridized carbons (Fsp3) is 0.562. The van der Waals surface area contributed by atoms with E-state index in [1.807, 2.05) is 30.3 Å². The molecule has 0 aliphatic heterocycles. The first-order chi connectivity index (χ1) is 10.3. The number of benzene rings is 1. The Labute approximate surface area is 126 Å². The van der Waals surface area contributed by atoms with Gasteiger partial charge in [-0.05, 0) is 18.6 Å². The van der Waals surface area contributed by atoms with Crippen LogP contribution in [-0.4, -0.2) is 57.9 Å². The van der Waals surface area contributed by atoms with Gasteiger partial charge < -0.3 is 19.1 Å². The number of esters is 1. The van der Waals surface area contributed by atoms with Gasteiger partial charge >= 0.3 is 5.97 Å². The summed E-state index contributed by atoms with van der Waals surface area (Å²) in [7, 11) is 3.09. The molecule has 0 N–H and O–H groups in total. The highest BCUT2D eigenvalue weighted by Gasteiger charge is 2.08. The number of nitrogens with zero attached hydrogens (tertiary/aromatic N) is 1. The van der Waals surface area contributed by atoms with E-state index in [2.05, 4.69) is 9.64 Å². The van der Waals surface area contributed by atoms with Crippen LogP contribution in [0.3, 0.4) is 0 Å². The molecule has 0 saturated carbocycles. The molecule has 21 heavy (non-hydrogen) atoms. The average molecular weight is 295 g/mol. The van der Waals surface area contributed by atoms with Gasteiger partial charge in [-0.15, -0.1) is 0 Å². The molecule has 0 amide bonds. The molecule has 0 unspecified atom stereocenters. The van der Waals surface area contributed by atoms with Gasteiger partial charge in [-0.25, -0.2) is 0 Å². The largest absolute Gasteiger partial charge is 0.494 e. The zero-order valence-electron chi connectivity index (χ0n) is 12.9. The predicted molar refractivity (Wildman–Crippen MR) is 81.5 cm³/mol. The van der Waals surface area contributed by atoms with E-state index in [0.29, 0.717) is 26.2 Å². The van der Waals surface area contributed by atoms with Crippen LogP contribution in [0.2, 0.25) is 0 Å². The van der Waals surface area contributed by atoms with Crippen molar-refractivity contribution in [2.75, 3.05) is 47.1 Å². The molecule has 1 aromatic carbocycles. The second-order valence-electron chi connectivity index (χ2n) is 4.68. The minimum absolute atomic E-state index is 0.182. The van der Waals surface area contributed by atoms with Crippen LogP contribution in [0.4, 0.5) is 0 Å². The number of carbonyl (C=O) groups is 1. The molecule has 0 bridgehead atoms. The van der Waals surface area contributed by atoms with E-state index in [1.54, 1.807) is 7.11 Å². The monoisotopic (exact) mass is 295 g/mol. The van der Waals surface area contributed by atoms with E-state index in [4.69, 9.17) is 9.47 Å². The molecular weight excluding hydrogens is 270 g/mol. The molecule has 0 spiro atoms. The fourth-order valence-corrected chi connectivity index (χ4v) is 1.90. The van der Waals surface area contributed by atoms with Crippen LogP contribution in [0.5, 0.6) is 5.75 Å².